The van der Waals surface area contributed by atoms with Crippen LogP contribution in [0.15, 0.2) is 18.2 Å². The molecule has 1 aromatic carbocycles. The zero-order valence-electron chi connectivity index (χ0n) is 10.3. The van der Waals surface area contributed by atoms with Crippen molar-refractivity contribution in [3.63, 3.8) is 0 Å². The van der Waals surface area contributed by atoms with Gasteiger partial charge in [-0.25, -0.2) is 4.31 Å². The molecule has 18 heavy (non-hydrogen) atoms. The highest BCUT2D eigenvalue weighted by Gasteiger charge is 2.39. The van der Waals surface area contributed by atoms with Gasteiger partial charge in [-0.05, 0) is 18.0 Å². The molecule has 1 saturated heterocycles. The molecule has 0 aromatic heterocycles. The van der Waals surface area contributed by atoms with E-state index in [9.17, 15) is 8.78 Å². The summed E-state index contributed by atoms with van der Waals surface area (Å²) < 4.78 is 38.1. The van der Waals surface area contributed by atoms with E-state index in [1.54, 1.807) is 30.7 Å². The van der Waals surface area contributed by atoms with E-state index >= 15 is 0 Å². The van der Waals surface area contributed by atoms with Crippen molar-refractivity contribution in [2.24, 2.45) is 0 Å². The van der Waals surface area contributed by atoms with Crippen molar-refractivity contribution in [3.05, 3.63) is 23.8 Å². The monoisotopic (exact) mass is 275 g/mol. The Morgan fingerprint density at radius 1 is 1.33 bits per heavy atom. The minimum atomic E-state index is -2.64. The molecule has 1 fully saturated rings. The summed E-state index contributed by atoms with van der Waals surface area (Å²) in [7, 11) is 3.13. The maximum Gasteiger partial charge on any atom is 0.308 e. The topological polar surface area (TPSA) is 21.7 Å². The zero-order chi connectivity index (χ0) is 13.2. The van der Waals surface area contributed by atoms with E-state index in [1.165, 1.54) is 0 Å². The van der Waals surface area contributed by atoms with Gasteiger partial charge in [-0.1, -0.05) is 6.07 Å². The highest BCUT2D eigenvalue weighted by Crippen LogP contribution is 2.43. The van der Waals surface area contributed by atoms with Crippen LogP contribution < -0.4 is 9.47 Å². The molecular weight excluding hydrogens is 260 g/mol. The number of methoxy groups -OCH3 is 2. The van der Waals surface area contributed by atoms with Crippen LogP contribution in [-0.2, 0) is 6.54 Å². The number of halogens is 2. The van der Waals surface area contributed by atoms with E-state index < -0.39 is 5.25 Å². The van der Waals surface area contributed by atoms with E-state index in [2.05, 4.69) is 0 Å². The summed E-state index contributed by atoms with van der Waals surface area (Å²) in [6.45, 7) is 0.820. The molecule has 1 heterocycles. The molecule has 1 aromatic rings. The van der Waals surface area contributed by atoms with Gasteiger partial charge in [-0.2, -0.15) is 8.78 Å². The van der Waals surface area contributed by atoms with Gasteiger partial charge in [0.05, 0.1) is 14.2 Å². The fourth-order valence-electron chi connectivity index (χ4n) is 1.82. The second-order valence-electron chi connectivity index (χ2n) is 4.02. The van der Waals surface area contributed by atoms with Gasteiger partial charge in [-0.3, -0.25) is 0 Å². The molecule has 2 rings (SSSR count). The maximum atomic E-state index is 13.1. The number of rotatable bonds is 4. The summed E-state index contributed by atoms with van der Waals surface area (Å²) in [6, 6.07) is 5.40. The number of alkyl halides is 2. The molecule has 0 radical (unpaired) electrons. The molecule has 0 spiro atoms. The van der Waals surface area contributed by atoms with E-state index in [0.717, 1.165) is 5.56 Å². The van der Waals surface area contributed by atoms with Gasteiger partial charge in [0.2, 0.25) is 0 Å². The average molecular weight is 275 g/mol. The van der Waals surface area contributed by atoms with Crippen LogP contribution in [-0.4, -0.2) is 30.3 Å². The quantitative estimate of drug-likeness (QED) is 0.787. The van der Waals surface area contributed by atoms with Crippen LogP contribution in [0.2, 0.25) is 0 Å². The number of nitrogens with zero attached hydrogens (tertiary/aromatic N) is 1. The summed E-state index contributed by atoms with van der Waals surface area (Å²) >= 11 is 0.605. The van der Waals surface area contributed by atoms with Crippen molar-refractivity contribution in [1.82, 2.24) is 4.31 Å². The third-order valence-corrected chi connectivity index (χ3v) is 3.80. The van der Waals surface area contributed by atoms with Gasteiger partial charge >= 0.3 is 5.25 Å². The predicted molar refractivity (Wildman–Crippen MR) is 67.1 cm³/mol. The normalized spacial score (nSPS) is 18.9. The summed E-state index contributed by atoms with van der Waals surface area (Å²) in [5.41, 5.74) is 0.878. The molecule has 0 bridgehead atoms. The molecule has 0 N–H and O–H groups in total. The molecule has 0 atom stereocenters. The molecule has 1 aliphatic heterocycles. The maximum absolute atomic E-state index is 13.1. The summed E-state index contributed by atoms with van der Waals surface area (Å²) in [4.78, 5) is 0. The lowest BCUT2D eigenvalue weighted by atomic mass is 10.2. The first kappa shape index (κ1) is 13.4. The lowest BCUT2D eigenvalue weighted by Gasteiger charge is -2.16. The molecule has 0 saturated carbocycles. The predicted octanol–water partition coefficient (Wildman–Crippen LogP) is 3.15. The van der Waals surface area contributed by atoms with Crippen LogP contribution in [0.4, 0.5) is 8.78 Å². The summed E-state index contributed by atoms with van der Waals surface area (Å²) in [6.07, 6.45) is -0.101. The average Bonchev–Trinajstić information content (AvgIpc) is 2.69. The molecule has 3 nitrogen and oxygen atoms in total. The number of ether oxygens (including phenoxy) is 2. The van der Waals surface area contributed by atoms with Crippen molar-refractivity contribution < 1.29 is 18.3 Å². The lowest BCUT2D eigenvalue weighted by molar-refractivity contribution is 0.106. The first-order valence-corrected chi connectivity index (χ1v) is 6.34. The van der Waals surface area contributed by atoms with Crippen molar-refractivity contribution in [3.8, 4) is 11.5 Å². The SMILES string of the molecule is COc1ccc(CN2CCC(F)(F)S2)c(OC)c1. The van der Waals surface area contributed by atoms with Crippen molar-refractivity contribution in [2.75, 3.05) is 20.8 Å². The van der Waals surface area contributed by atoms with Crippen molar-refractivity contribution in [2.45, 2.75) is 18.2 Å². The van der Waals surface area contributed by atoms with Crippen LogP contribution in [0, 0.1) is 0 Å². The van der Waals surface area contributed by atoms with Crippen LogP contribution >= 0.6 is 11.9 Å². The molecule has 6 heteroatoms. The highest BCUT2D eigenvalue weighted by atomic mass is 32.2. The van der Waals surface area contributed by atoms with Gasteiger partial charge < -0.3 is 9.47 Å². The Hall–Kier alpha value is -1.01. The van der Waals surface area contributed by atoms with Gasteiger partial charge in [0.15, 0.2) is 0 Å². The van der Waals surface area contributed by atoms with E-state index in [4.69, 9.17) is 9.47 Å². The Bertz CT molecular complexity index is 429. The number of hydrogen-bond acceptors (Lipinski definition) is 4. The van der Waals surface area contributed by atoms with Gasteiger partial charge in [-0.15, -0.1) is 0 Å². The second kappa shape index (κ2) is 5.32. The van der Waals surface area contributed by atoms with Crippen molar-refractivity contribution in [1.29, 1.82) is 0 Å². The molecule has 0 aliphatic carbocycles. The van der Waals surface area contributed by atoms with Gasteiger partial charge in [0.25, 0.3) is 0 Å². The Labute approximate surface area is 109 Å². The summed E-state index contributed by atoms with van der Waals surface area (Å²) in [5.74, 6) is 1.35. The minimum Gasteiger partial charge on any atom is -0.497 e. The first-order chi connectivity index (χ1) is 8.54. The molecule has 100 valence electrons. The third kappa shape index (κ3) is 3.05. The number of hydrogen-bond donors (Lipinski definition) is 0. The molecular formula is C12H15F2NO2S. The standard InChI is InChI=1S/C12H15F2NO2S/c1-16-10-4-3-9(11(7-10)17-2)8-15-6-5-12(13,14)18-15/h3-4,7H,5-6,8H2,1-2H3. The number of benzene rings is 1. The molecule has 1 aliphatic rings. The third-order valence-electron chi connectivity index (χ3n) is 2.76. The molecule has 0 unspecified atom stereocenters. The largest absolute Gasteiger partial charge is 0.497 e. The highest BCUT2D eigenvalue weighted by molar-refractivity contribution is 7.98. The van der Waals surface area contributed by atoms with E-state index in [-0.39, 0.29) is 6.42 Å². The first-order valence-electron chi connectivity index (χ1n) is 5.57. The van der Waals surface area contributed by atoms with Gasteiger partial charge in [0, 0.05) is 31.1 Å². The Morgan fingerprint density at radius 2 is 2.11 bits per heavy atom. The van der Waals surface area contributed by atoms with Crippen LogP contribution in [0.5, 0.6) is 11.5 Å². The molecule has 0 amide bonds. The minimum absolute atomic E-state index is 0.101. The van der Waals surface area contributed by atoms with Crippen LogP contribution in [0.3, 0.4) is 0 Å². The van der Waals surface area contributed by atoms with E-state index in [1.807, 2.05) is 6.07 Å². The van der Waals surface area contributed by atoms with Crippen molar-refractivity contribution >= 4 is 11.9 Å². The summed E-state index contributed by atoms with van der Waals surface area (Å²) in [5, 5.41) is -2.64. The zero-order valence-corrected chi connectivity index (χ0v) is 11.1. The van der Waals surface area contributed by atoms with Crippen LogP contribution in [0.1, 0.15) is 12.0 Å². The van der Waals surface area contributed by atoms with Gasteiger partial charge in [0.1, 0.15) is 11.5 Å². The fourth-order valence-corrected chi connectivity index (χ4v) is 2.77. The Balaban J connectivity index is 2.09. The lowest BCUT2D eigenvalue weighted by Crippen LogP contribution is -2.12. The second-order valence-corrected chi connectivity index (χ2v) is 5.32. The Kier molecular flexibility index (Phi) is 3.97. The van der Waals surface area contributed by atoms with E-state index in [0.29, 0.717) is 36.5 Å². The fraction of sp³-hybridized carbons (Fsp3) is 0.500. The van der Waals surface area contributed by atoms with Crippen LogP contribution in [0.25, 0.3) is 0 Å². The smallest absolute Gasteiger partial charge is 0.308 e. The Morgan fingerprint density at radius 3 is 2.67 bits per heavy atom.